The van der Waals surface area contributed by atoms with Crippen LogP contribution in [0.25, 0.3) is 0 Å². The third-order valence-corrected chi connectivity index (χ3v) is 3.42. The Morgan fingerprint density at radius 3 is 2.52 bits per heavy atom. The summed E-state index contributed by atoms with van der Waals surface area (Å²) in [5, 5.41) is 4.79. The molecule has 3 amide bonds. The highest BCUT2D eigenvalue weighted by Crippen LogP contribution is 2.38. The summed E-state index contributed by atoms with van der Waals surface area (Å²) in [5.41, 5.74) is 0.112. The number of imide groups is 1. The fourth-order valence-electron chi connectivity index (χ4n) is 2.02. The van der Waals surface area contributed by atoms with Gasteiger partial charge in [0.15, 0.2) is 17.6 Å². The molecule has 0 aromatic heterocycles. The van der Waals surface area contributed by atoms with Crippen LogP contribution < -0.4 is 20.1 Å². The van der Waals surface area contributed by atoms with E-state index in [0.717, 1.165) is 0 Å². The number of esters is 1. The van der Waals surface area contributed by atoms with Crippen molar-refractivity contribution in [1.29, 1.82) is 0 Å². The maximum atomic E-state index is 12.2. The van der Waals surface area contributed by atoms with Gasteiger partial charge in [0.05, 0.1) is 10.6 Å². The zero-order chi connectivity index (χ0) is 18.6. The molecule has 0 saturated heterocycles. The first-order valence-electron chi connectivity index (χ1n) is 7.69. The van der Waals surface area contributed by atoms with Crippen molar-refractivity contribution in [2.24, 2.45) is 0 Å². The van der Waals surface area contributed by atoms with E-state index in [1.807, 2.05) is 0 Å². The van der Waals surface area contributed by atoms with E-state index < -0.39 is 24.0 Å². The SMILES string of the molecule is CC(C)NC(=O)NC(=O)[C@@H](C)OC(=O)c1cc(Cl)c2c(c1)OCCO2. The predicted octanol–water partition coefficient (Wildman–Crippen LogP) is 1.89. The van der Waals surface area contributed by atoms with Crippen LogP contribution in [0.4, 0.5) is 4.79 Å². The first kappa shape index (κ1) is 18.9. The number of carbonyl (C=O) groups excluding carboxylic acids is 3. The van der Waals surface area contributed by atoms with Gasteiger partial charge in [-0.15, -0.1) is 0 Å². The summed E-state index contributed by atoms with van der Waals surface area (Å²) in [5.74, 6) is -0.819. The number of nitrogens with one attached hydrogen (secondary N) is 2. The molecule has 0 aliphatic carbocycles. The Balaban J connectivity index is 2.00. The molecule has 1 aromatic rings. The number of benzene rings is 1. The largest absolute Gasteiger partial charge is 0.486 e. The number of urea groups is 1. The normalized spacial score (nSPS) is 13.8. The van der Waals surface area contributed by atoms with Crippen molar-refractivity contribution < 1.29 is 28.6 Å². The average molecular weight is 371 g/mol. The average Bonchev–Trinajstić information content (AvgIpc) is 2.53. The topological polar surface area (TPSA) is 103 Å². The van der Waals surface area contributed by atoms with Crippen LogP contribution in [0.2, 0.25) is 5.02 Å². The van der Waals surface area contributed by atoms with Gasteiger partial charge in [-0.1, -0.05) is 11.6 Å². The number of hydrogen-bond donors (Lipinski definition) is 2. The molecule has 0 fully saturated rings. The van der Waals surface area contributed by atoms with Crippen molar-refractivity contribution in [3.8, 4) is 11.5 Å². The van der Waals surface area contributed by atoms with E-state index in [2.05, 4.69) is 10.6 Å². The third-order valence-electron chi connectivity index (χ3n) is 3.14. The molecule has 8 nitrogen and oxygen atoms in total. The minimum Gasteiger partial charge on any atom is -0.486 e. The lowest BCUT2D eigenvalue weighted by Gasteiger charge is -2.20. The number of hydrogen-bond acceptors (Lipinski definition) is 6. The van der Waals surface area contributed by atoms with Gasteiger partial charge in [0.2, 0.25) is 0 Å². The Bertz CT molecular complexity index is 691. The highest BCUT2D eigenvalue weighted by atomic mass is 35.5. The van der Waals surface area contributed by atoms with E-state index in [1.165, 1.54) is 19.1 Å². The molecule has 0 radical (unpaired) electrons. The Morgan fingerprint density at radius 1 is 1.16 bits per heavy atom. The molecule has 0 bridgehead atoms. The minimum atomic E-state index is -1.17. The summed E-state index contributed by atoms with van der Waals surface area (Å²) in [6.45, 7) is 5.56. The Kier molecular flexibility index (Phi) is 6.08. The van der Waals surface area contributed by atoms with Crippen molar-refractivity contribution in [1.82, 2.24) is 10.6 Å². The summed E-state index contributed by atoms with van der Waals surface area (Å²) in [6.07, 6.45) is -1.17. The Labute approximate surface area is 149 Å². The lowest BCUT2D eigenvalue weighted by molar-refractivity contribution is -0.127. The second-order valence-electron chi connectivity index (χ2n) is 5.65. The smallest absolute Gasteiger partial charge is 0.339 e. The Morgan fingerprint density at radius 2 is 1.84 bits per heavy atom. The predicted molar refractivity (Wildman–Crippen MR) is 89.1 cm³/mol. The molecule has 1 atom stereocenters. The molecule has 2 rings (SSSR count). The number of amides is 3. The summed E-state index contributed by atoms with van der Waals surface area (Å²) >= 11 is 6.06. The Hall–Kier alpha value is -2.48. The van der Waals surface area contributed by atoms with Gasteiger partial charge >= 0.3 is 12.0 Å². The summed E-state index contributed by atoms with van der Waals surface area (Å²) < 4.78 is 15.8. The summed E-state index contributed by atoms with van der Waals surface area (Å²) in [7, 11) is 0. The quantitative estimate of drug-likeness (QED) is 0.784. The van der Waals surface area contributed by atoms with Crippen LogP contribution >= 0.6 is 11.6 Å². The van der Waals surface area contributed by atoms with Crippen molar-refractivity contribution >= 4 is 29.5 Å². The van der Waals surface area contributed by atoms with Crippen molar-refractivity contribution in [2.75, 3.05) is 13.2 Å². The zero-order valence-electron chi connectivity index (χ0n) is 14.1. The van der Waals surface area contributed by atoms with Crippen LogP contribution in [0.5, 0.6) is 11.5 Å². The van der Waals surface area contributed by atoms with Crippen LogP contribution in [0.3, 0.4) is 0 Å². The number of halogens is 1. The van der Waals surface area contributed by atoms with Gasteiger partial charge in [-0.05, 0) is 32.9 Å². The fourth-order valence-corrected chi connectivity index (χ4v) is 2.29. The molecule has 1 heterocycles. The van der Waals surface area contributed by atoms with Crippen LogP contribution in [0.1, 0.15) is 31.1 Å². The molecule has 0 saturated carbocycles. The van der Waals surface area contributed by atoms with Gasteiger partial charge in [-0.3, -0.25) is 10.1 Å². The number of fused-ring (bicyclic) bond motifs is 1. The molecular weight excluding hydrogens is 352 g/mol. The number of ether oxygens (including phenoxy) is 3. The van der Waals surface area contributed by atoms with Gasteiger partial charge in [0.25, 0.3) is 5.91 Å². The number of carbonyl (C=O) groups is 3. The second-order valence-corrected chi connectivity index (χ2v) is 6.05. The molecule has 2 N–H and O–H groups in total. The van der Waals surface area contributed by atoms with Crippen molar-refractivity contribution in [2.45, 2.75) is 32.9 Å². The minimum absolute atomic E-state index is 0.112. The molecule has 0 unspecified atom stereocenters. The molecule has 136 valence electrons. The summed E-state index contributed by atoms with van der Waals surface area (Å²) in [4.78, 5) is 35.6. The summed E-state index contributed by atoms with van der Waals surface area (Å²) in [6, 6.07) is 2.00. The number of rotatable bonds is 4. The lowest BCUT2D eigenvalue weighted by Crippen LogP contribution is -2.46. The molecule has 1 aliphatic heterocycles. The van der Waals surface area contributed by atoms with E-state index in [1.54, 1.807) is 13.8 Å². The highest BCUT2D eigenvalue weighted by molar-refractivity contribution is 6.32. The second kappa shape index (κ2) is 8.06. The van der Waals surface area contributed by atoms with Crippen LogP contribution in [-0.4, -0.2) is 43.3 Å². The van der Waals surface area contributed by atoms with Gasteiger partial charge < -0.3 is 19.5 Å². The van der Waals surface area contributed by atoms with Gasteiger partial charge in [-0.25, -0.2) is 9.59 Å². The van der Waals surface area contributed by atoms with Gasteiger partial charge in [0, 0.05) is 6.04 Å². The van der Waals surface area contributed by atoms with Crippen LogP contribution in [0, 0.1) is 0 Å². The van der Waals surface area contributed by atoms with Gasteiger partial charge in [0.1, 0.15) is 13.2 Å². The zero-order valence-corrected chi connectivity index (χ0v) is 14.8. The van der Waals surface area contributed by atoms with E-state index >= 15 is 0 Å². The molecule has 9 heteroatoms. The molecule has 1 aliphatic rings. The van der Waals surface area contributed by atoms with E-state index in [4.69, 9.17) is 25.8 Å². The monoisotopic (exact) mass is 370 g/mol. The van der Waals surface area contributed by atoms with Crippen molar-refractivity contribution in [3.05, 3.63) is 22.7 Å². The molecular formula is C16H19ClN2O6. The van der Waals surface area contributed by atoms with Crippen LogP contribution in [0.15, 0.2) is 12.1 Å². The maximum absolute atomic E-state index is 12.2. The lowest BCUT2D eigenvalue weighted by atomic mass is 10.2. The molecule has 0 spiro atoms. The van der Waals surface area contributed by atoms with Crippen molar-refractivity contribution in [3.63, 3.8) is 0 Å². The van der Waals surface area contributed by atoms with E-state index in [0.29, 0.717) is 24.7 Å². The molecule has 25 heavy (non-hydrogen) atoms. The maximum Gasteiger partial charge on any atom is 0.339 e. The van der Waals surface area contributed by atoms with E-state index in [-0.39, 0.29) is 16.6 Å². The fraction of sp³-hybridized carbons (Fsp3) is 0.438. The van der Waals surface area contributed by atoms with Crippen LogP contribution in [-0.2, 0) is 9.53 Å². The van der Waals surface area contributed by atoms with Gasteiger partial charge in [-0.2, -0.15) is 0 Å². The standard InChI is InChI=1S/C16H19ClN2O6/c1-8(2)18-16(22)19-14(20)9(3)25-15(21)10-6-11(17)13-12(7-10)23-4-5-24-13/h6-9H,4-5H2,1-3H3,(H2,18,19,20,22)/t9-/m1/s1. The molecule has 1 aromatic carbocycles. The third kappa shape index (κ3) is 4.99. The first-order chi connectivity index (χ1) is 11.8. The first-order valence-corrected chi connectivity index (χ1v) is 8.07. The van der Waals surface area contributed by atoms with E-state index in [9.17, 15) is 14.4 Å². The highest BCUT2D eigenvalue weighted by Gasteiger charge is 2.24.